The summed E-state index contributed by atoms with van der Waals surface area (Å²) in [6, 6.07) is 3.39. The molecular weight excluding hydrogens is 267 g/mol. The summed E-state index contributed by atoms with van der Waals surface area (Å²) in [7, 11) is 1.67. The molecule has 1 aromatic rings. The van der Waals surface area contributed by atoms with Crippen molar-refractivity contribution in [3.63, 3.8) is 0 Å². The van der Waals surface area contributed by atoms with Crippen LogP contribution in [0.5, 0.6) is 0 Å². The molecule has 0 aromatic heterocycles. The van der Waals surface area contributed by atoms with Gasteiger partial charge in [0.25, 0.3) is 0 Å². The average Bonchev–Trinajstić information content (AvgIpc) is 2.26. The minimum Gasteiger partial charge on any atom is -0.480 e. The van der Waals surface area contributed by atoms with Gasteiger partial charge in [-0.05, 0) is 18.2 Å². The normalized spacial score (nSPS) is 19.6. The van der Waals surface area contributed by atoms with Gasteiger partial charge in [0.1, 0.15) is 5.25 Å². The summed E-state index contributed by atoms with van der Waals surface area (Å²) in [6.07, 6.45) is -4.41. The molecule has 0 aliphatic carbocycles. The van der Waals surface area contributed by atoms with Crippen molar-refractivity contribution >= 4 is 23.4 Å². The van der Waals surface area contributed by atoms with Crippen LogP contribution in [-0.4, -0.2) is 29.9 Å². The zero-order chi connectivity index (χ0) is 13.5. The highest BCUT2D eigenvalue weighted by Gasteiger charge is 2.34. The third-order valence-corrected chi connectivity index (χ3v) is 3.90. The van der Waals surface area contributed by atoms with Crippen LogP contribution in [0.4, 0.5) is 18.9 Å². The molecule has 1 atom stereocenters. The quantitative estimate of drug-likeness (QED) is 0.857. The van der Waals surface area contributed by atoms with Crippen molar-refractivity contribution in [3.8, 4) is 0 Å². The van der Waals surface area contributed by atoms with Gasteiger partial charge in [-0.15, -0.1) is 11.8 Å². The molecule has 98 valence electrons. The van der Waals surface area contributed by atoms with Crippen LogP contribution in [0, 0.1) is 0 Å². The number of nitrogens with zero attached hydrogens (tertiary/aromatic N) is 1. The SMILES string of the molecule is CN1CC(C(=O)O)Sc2cc(C(F)(F)F)ccc21. The van der Waals surface area contributed by atoms with E-state index in [4.69, 9.17) is 5.11 Å². The van der Waals surface area contributed by atoms with Crippen LogP contribution >= 0.6 is 11.8 Å². The first-order valence-electron chi connectivity index (χ1n) is 5.11. The minimum atomic E-state index is -4.41. The number of fused-ring (bicyclic) bond motifs is 1. The number of hydrogen-bond acceptors (Lipinski definition) is 3. The van der Waals surface area contributed by atoms with Crippen LogP contribution in [0.3, 0.4) is 0 Å². The molecule has 0 amide bonds. The van der Waals surface area contributed by atoms with Crippen molar-refractivity contribution in [2.45, 2.75) is 16.3 Å². The first-order valence-corrected chi connectivity index (χ1v) is 5.99. The van der Waals surface area contributed by atoms with Crippen molar-refractivity contribution in [1.29, 1.82) is 0 Å². The maximum Gasteiger partial charge on any atom is 0.416 e. The zero-order valence-electron chi connectivity index (χ0n) is 9.36. The van der Waals surface area contributed by atoms with Gasteiger partial charge in [-0.25, -0.2) is 0 Å². The maximum atomic E-state index is 12.6. The Hall–Kier alpha value is -1.37. The summed E-state index contributed by atoms with van der Waals surface area (Å²) >= 11 is 0.958. The molecule has 2 rings (SSSR count). The number of carboxylic acids is 1. The number of anilines is 1. The summed E-state index contributed by atoms with van der Waals surface area (Å²) in [5, 5.41) is 8.20. The summed E-state index contributed by atoms with van der Waals surface area (Å²) in [5.41, 5.74) is -0.126. The van der Waals surface area contributed by atoms with E-state index in [-0.39, 0.29) is 6.54 Å². The lowest BCUT2D eigenvalue weighted by atomic mass is 10.2. The Kier molecular flexibility index (Phi) is 3.18. The molecule has 0 bridgehead atoms. The van der Waals surface area contributed by atoms with E-state index < -0.39 is 23.0 Å². The van der Waals surface area contributed by atoms with Gasteiger partial charge in [0.15, 0.2) is 0 Å². The molecule has 1 heterocycles. The van der Waals surface area contributed by atoms with E-state index in [1.165, 1.54) is 6.07 Å². The van der Waals surface area contributed by atoms with Crippen LogP contribution < -0.4 is 4.90 Å². The predicted molar refractivity (Wildman–Crippen MR) is 62.0 cm³/mol. The minimum absolute atomic E-state index is 0.276. The highest BCUT2D eigenvalue weighted by atomic mass is 32.2. The molecule has 0 saturated heterocycles. The molecule has 0 spiro atoms. The average molecular weight is 277 g/mol. The Bertz CT molecular complexity index is 490. The number of benzene rings is 1. The number of halogens is 3. The smallest absolute Gasteiger partial charge is 0.416 e. The zero-order valence-corrected chi connectivity index (χ0v) is 10.2. The summed E-state index contributed by atoms with van der Waals surface area (Å²) < 4.78 is 37.7. The van der Waals surface area contributed by atoms with E-state index in [0.29, 0.717) is 10.6 Å². The lowest BCUT2D eigenvalue weighted by Gasteiger charge is -2.31. The van der Waals surface area contributed by atoms with Gasteiger partial charge in [-0.3, -0.25) is 4.79 Å². The molecule has 1 N–H and O–H groups in total. The van der Waals surface area contributed by atoms with Crippen LogP contribution in [0.1, 0.15) is 5.56 Å². The Morgan fingerprint density at radius 3 is 2.72 bits per heavy atom. The molecule has 1 aliphatic rings. The van der Waals surface area contributed by atoms with E-state index in [9.17, 15) is 18.0 Å². The Labute approximate surface area is 106 Å². The standard InChI is InChI=1S/C11H10F3NO2S/c1-15-5-9(10(16)17)18-8-4-6(11(12,13)14)2-3-7(8)15/h2-4,9H,5H2,1H3,(H,16,17). The number of alkyl halides is 3. The fourth-order valence-corrected chi connectivity index (χ4v) is 3.01. The second kappa shape index (κ2) is 4.38. The largest absolute Gasteiger partial charge is 0.480 e. The van der Waals surface area contributed by atoms with E-state index in [1.807, 2.05) is 0 Å². The van der Waals surface area contributed by atoms with Crippen molar-refractivity contribution in [1.82, 2.24) is 0 Å². The second-order valence-electron chi connectivity index (χ2n) is 4.01. The van der Waals surface area contributed by atoms with Gasteiger partial charge in [0.05, 0.1) is 11.3 Å². The molecule has 0 radical (unpaired) electrons. The van der Waals surface area contributed by atoms with Gasteiger partial charge >= 0.3 is 12.1 Å². The third-order valence-electron chi connectivity index (χ3n) is 2.68. The van der Waals surface area contributed by atoms with Crippen LogP contribution in [-0.2, 0) is 11.0 Å². The fourth-order valence-electron chi connectivity index (χ4n) is 1.77. The summed E-state index contributed by atoms with van der Waals surface area (Å²) in [6.45, 7) is 0.276. The molecule has 0 saturated carbocycles. The van der Waals surface area contributed by atoms with Gasteiger partial charge < -0.3 is 10.0 Å². The predicted octanol–water partition coefficient (Wildman–Crippen LogP) is 2.70. The van der Waals surface area contributed by atoms with E-state index in [1.54, 1.807) is 11.9 Å². The van der Waals surface area contributed by atoms with Crippen molar-refractivity contribution in [2.75, 3.05) is 18.5 Å². The molecule has 1 aromatic carbocycles. The molecular formula is C11H10F3NO2S. The van der Waals surface area contributed by atoms with E-state index in [2.05, 4.69) is 0 Å². The lowest BCUT2D eigenvalue weighted by molar-refractivity contribution is -0.138. The van der Waals surface area contributed by atoms with Crippen LogP contribution in [0.15, 0.2) is 23.1 Å². The van der Waals surface area contributed by atoms with Gasteiger partial charge in [0, 0.05) is 18.5 Å². The third kappa shape index (κ3) is 2.40. The summed E-state index contributed by atoms with van der Waals surface area (Å²) in [5.74, 6) is -1.02. The van der Waals surface area contributed by atoms with Gasteiger partial charge in [0.2, 0.25) is 0 Å². The van der Waals surface area contributed by atoms with Crippen LogP contribution in [0.2, 0.25) is 0 Å². The molecule has 1 aliphatic heterocycles. The Morgan fingerprint density at radius 1 is 1.50 bits per heavy atom. The van der Waals surface area contributed by atoms with Crippen molar-refractivity contribution in [2.24, 2.45) is 0 Å². The first kappa shape index (κ1) is 13.1. The Balaban J connectivity index is 2.40. The number of rotatable bonds is 1. The Morgan fingerprint density at radius 2 is 2.17 bits per heavy atom. The number of carbonyl (C=O) groups is 1. The van der Waals surface area contributed by atoms with Crippen molar-refractivity contribution < 1.29 is 23.1 Å². The topological polar surface area (TPSA) is 40.5 Å². The van der Waals surface area contributed by atoms with E-state index in [0.717, 1.165) is 23.9 Å². The lowest BCUT2D eigenvalue weighted by Crippen LogP contribution is -2.36. The fraction of sp³-hybridized carbons (Fsp3) is 0.364. The first-order chi connectivity index (χ1) is 8.29. The molecule has 1 unspecified atom stereocenters. The van der Waals surface area contributed by atoms with Crippen LogP contribution in [0.25, 0.3) is 0 Å². The highest BCUT2D eigenvalue weighted by Crippen LogP contribution is 2.41. The molecule has 0 fully saturated rings. The number of hydrogen-bond donors (Lipinski definition) is 1. The maximum absolute atomic E-state index is 12.6. The number of thioether (sulfide) groups is 1. The van der Waals surface area contributed by atoms with E-state index >= 15 is 0 Å². The van der Waals surface area contributed by atoms with Gasteiger partial charge in [-0.1, -0.05) is 0 Å². The molecule has 3 nitrogen and oxygen atoms in total. The number of carboxylic acid groups (broad SMARTS) is 1. The van der Waals surface area contributed by atoms with Gasteiger partial charge in [-0.2, -0.15) is 13.2 Å². The second-order valence-corrected chi connectivity index (χ2v) is 5.25. The molecule has 7 heteroatoms. The highest BCUT2D eigenvalue weighted by molar-refractivity contribution is 8.00. The number of aliphatic carboxylic acids is 1. The molecule has 18 heavy (non-hydrogen) atoms. The monoisotopic (exact) mass is 277 g/mol. The van der Waals surface area contributed by atoms with Crippen molar-refractivity contribution in [3.05, 3.63) is 23.8 Å². The summed E-state index contributed by atoms with van der Waals surface area (Å²) in [4.78, 5) is 12.9.